The monoisotopic (exact) mass is 308 g/mol. The maximum absolute atomic E-state index is 12.1. The predicted molar refractivity (Wildman–Crippen MR) is 82.9 cm³/mol. The molecule has 1 heterocycles. The van der Waals surface area contributed by atoms with E-state index >= 15 is 0 Å². The van der Waals surface area contributed by atoms with Crippen LogP contribution in [0.4, 0.5) is 11.4 Å². The summed E-state index contributed by atoms with van der Waals surface area (Å²) >= 11 is 6.11. The van der Waals surface area contributed by atoms with E-state index in [4.69, 9.17) is 22.1 Å². The molecule has 7 heteroatoms. The third-order valence-corrected chi connectivity index (χ3v) is 3.16. The molecule has 2 aromatic rings. The second-order valence-corrected chi connectivity index (χ2v) is 4.97. The molecular formula is C14H17ClN4O2. The molecule has 0 spiro atoms. The van der Waals surface area contributed by atoms with Gasteiger partial charge in [0.1, 0.15) is 5.75 Å². The molecule has 2 rings (SSSR count). The van der Waals surface area contributed by atoms with Gasteiger partial charge in [0.05, 0.1) is 23.0 Å². The van der Waals surface area contributed by atoms with Crippen molar-refractivity contribution in [1.82, 2.24) is 10.2 Å². The number of H-pyrrole nitrogens is 1. The van der Waals surface area contributed by atoms with E-state index in [2.05, 4.69) is 15.5 Å². The number of halogens is 1. The summed E-state index contributed by atoms with van der Waals surface area (Å²) in [7, 11) is 0. The van der Waals surface area contributed by atoms with Crippen LogP contribution < -0.4 is 15.8 Å². The Bertz CT molecular complexity index is 654. The van der Waals surface area contributed by atoms with E-state index in [-0.39, 0.29) is 5.69 Å². The molecule has 4 N–H and O–H groups in total. The van der Waals surface area contributed by atoms with Crippen molar-refractivity contribution < 1.29 is 9.53 Å². The van der Waals surface area contributed by atoms with Crippen molar-refractivity contribution in [3.05, 3.63) is 34.6 Å². The standard InChI is InChI=1S/C14H17ClN4O2/c1-3-6-21-11-5-4-9(7-10(11)15)17-14(20)13-12(16)8(2)18-19-13/h4-5,7H,3,6,16H2,1-2H3,(H,17,20)(H,18,19). The van der Waals surface area contributed by atoms with E-state index in [1.54, 1.807) is 25.1 Å². The first-order valence-electron chi connectivity index (χ1n) is 6.57. The number of carbonyl (C=O) groups excluding carboxylic acids is 1. The van der Waals surface area contributed by atoms with Crippen molar-refractivity contribution in [2.45, 2.75) is 20.3 Å². The summed E-state index contributed by atoms with van der Waals surface area (Å²) in [5.74, 6) is 0.196. The number of aromatic amines is 1. The van der Waals surface area contributed by atoms with Gasteiger partial charge in [-0.25, -0.2) is 0 Å². The Morgan fingerprint density at radius 2 is 2.29 bits per heavy atom. The van der Waals surface area contributed by atoms with Crippen LogP contribution in [0.5, 0.6) is 5.75 Å². The summed E-state index contributed by atoms with van der Waals surface area (Å²) < 4.78 is 5.47. The zero-order valence-electron chi connectivity index (χ0n) is 11.9. The summed E-state index contributed by atoms with van der Waals surface area (Å²) in [4.78, 5) is 12.1. The van der Waals surface area contributed by atoms with Gasteiger partial charge >= 0.3 is 0 Å². The van der Waals surface area contributed by atoms with E-state index in [1.165, 1.54) is 0 Å². The number of carbonyl (C=O) groups is 1. The molecule has 6 nitrogen and oxygen atoms in total. The molecule has 0 aliphatic carbocycles. The van der Waals surface area contributed by atoms with E-state index in [9.17, 15) is 4.79 Å². The van der Waals surface area contributed by atoms with Crippen LogP contribution in [0, 0.1) is 6.92 Å². The fourth-order valence-corrected chi connectivity index (χ4v) is 1.94. The van der Waals surface area contributed by atoms with Gasteiger partial charge in [0, 0.05) is 5.69 Å². The molecule has 0 aliphatic rings. The number of anilines is 2. The average molecular weight is 309 g/mol. The van der Waals surface area contributed by atoms with Crippen LogP contribution in [0.25, 0.3) is 0 Å². The maximum atomic E-state index is 12.1. The summed E-state index contributed by atoms with van der Waals surface area (Å²) in [5.41, 5.74) is 7.47. The molecule has 0 radical (unpaired) electrons. The highest BCUT2D eigenvalue weighted by Gasteiger charge is 2.15. The van der Waals surface area contributed by atoms with E-state index in [0.717, 1.165) is 6.42 Å². The lowest BCUT2D eigenvalue weighted by Gasteiger charge is -2.09. The van der Waals surface area contributed by atoms with Gasteiger partial charge in [-0.3, -0.25) is 9.89 Å². The van der Waals surface area contributed by atoms with Gasteiger partial charge in [0.2, 0.25) is 0 Å². The third-order valence-electron chi connectivity index (χ3n) is 2.86. The van der Waals surface area contributed by atoms with Crippen LogP contribution in [-0.2, 0) is 0 Å². The van der Waals surface area contributed by atoms with Crippen molar-refractivity contribution in [3.8, 4) is 5.75 Å². The largest absolute Gasteiger partial charge is 0.492 e. The van der Waals surface area contributed by atoms with Crippen molar-refractivity contribution >= 4 is 28.9 Å². The normalized spacial score (nSPS) is 10.4. The molecule has 1 amide bonds. The Morgan fingerprint density at radius 3 is 2.86 bits per heavy atom. The van der Waals surface area contributed by atoms with Crippen molar-refractivity contribution in [2.24, 2.45) is 0 Å². The molecule has 112 valence electrons. The van der Waals surface area contributed by atoms with E-state index in [0.29, 0.717) is 34.4 Å². The van der Waals surface area contributed by atoms with Gasteiger partial charge in [0.15, 0.2) is 5.69 Å². The lowest BCUT2D eigenvalue weighted by atomic mass is 10.2. The molecule has 0 aliphatic heterocycles. The van der Waals surface area contributed by atoms with Crippen LogP contribution in [0.3, 0.4) is 0 Å². The minimum atomic E-state index is -0.393. The number of nitrogens with two attached hydrogens (primary N) is 1. The van der Waals surface area contributed by atoms with Crippen molar-refractivity contribution in [3.63, 3.8) is 0 Å². The molecule has 1 aromatic carbocycles. The van der Waals surface area contributed by atoms with Crippen LogP contribution in [0.1, 0.15) is 29.5 Å². The molecule has 0 atom stereocenters. The molecule has 0 saturated heterocycles. The van der Waals surface area contributed by atoms with Gasteiger partial charge in [-0.2, -0.15) is 5.10 Å². The lowest BCUT2D eigenvalue weighted by molar-refractivity contribution is 0.102. The number of benzene rings is 1. The number of hydrogen-bond acceptors (Lipinski definition) is 4. The second kappa shape index (κ2) is 6.49. The summed E-state index contributed by atoms with van der Waals surface area (Å²) in [5, 5.41) is 9.67. The first-order chi connectivity index (χ1) is 10.0. The van der Waals surface area contributed by atoms with E-state index in [1.807, 2.05) is 6.92 Å². The number of rotatable bonds is 5. The zero-order chi connectivity index (χ0) is 15.4. The van der Waals surface area contributed by atoms with Crippen LogP contribution in [0.15, 0.2) is 18.2 Å². The Morgan fingerprint density at radius 1 is 1.52 bits per heavy atom. The number of nitrogens with one attached hydrogen (secondary N) is 2. The fraction of sp³-hybridized carbons (Fsp3) is 0.286. The highest BCUT2D eigenvalue weighted by molar-refractivity contribution is 6.32. The molecule has 0 bridgehead atoms. The number of aromatic nitrogens is 2. The Labute approximate surface area is 127 Å². The van der Waals surface area contributed by atoms with Gasteiger partial charge in [-0.1, -0.05) is 18.5 Å². The first-order valence-corrected chi connectivity index (χ1v) is 6.94. The Kier molecular flexibility index (Phi) is 4.70. The van der Waals surface area contributed by atoms with Gasteiger partial charge < -0.3 is 15.8 Å². The quantitative estimate of drug-likeness (QED) is 0.791. The number of hydrogen-bond donors (Lipinski definition) is 3. The molecule has 0 fully saturated rings. The average Bonchev–Trinajstić information content (AvgIpc) is 2.78. The Hall–Kier alpha value is -2.21. The number of ether oxygens (including phenoxy) is 1. The maximum Gasteiger partial charge on any atom is 0.278 e. The van der Waals surface area contributed by atoms with Gasteiger partial charge in [-0.15, -0.1) is 0 Å². The van der Waals surface area contributed by atoms with Crippen LogP contribution in [0.2, 0.25) is 5.02 Å². The molecular weight excluding hydrogens is 292 g/mol. The summed E-state index contributed by atoms with van der Waals surface area (Å²) in [6.07, 6.45) is 0.895. The summed E-state index contributed by atoms with van der Waals surface area (Å²) in [6, 6.07) is 5.05. The molecule has 0 unspecified atom stereocenters. The molecule has 1 aromatic heterocycles. The number of amides is 1. The van der Waals surface area contributed by atoms with E-state index < -0.39 is 5.91 Å². The lowest BCUT2D eigenvalue weighted by Crippen LogP contribution is -2.14. The van der Waals surface area contributed by atoms with Crippen LogP contribution in [-0.4, -0.2) is 22.7 Å². The zero-order valence-corrected chi connectivity index (χ0v) is 12.6. The van der Waals surface area contributed by atoms with Gasteiger partial charge in [0.25, 0.3) is 5.91 Å². The number of aryl methyl sites for hydroxylation is 1. The number of nitrogen functional groups attached to an aromatic ring is 1. The van der Waals surface area contributed by atoms with Gasteiger partial charge in [-0.05, 0) is 31.5 Å². The molecule has 0 saturated carbocycles. The molecule has 21 heavy (non-hydrogen) atoms. The fourth-order valence-electron chi connectivity index (χ4n) is 1.71. The predicted octanol–water partition coefficient (Wildman–Crippen LogP) is 2.99. The summed E-state index contributed by atoms with van der Waals surface area (Å²) in [6.45, 7) is 4.35. The second-order valence-electron chi connectivity index (χ2n) is 4.56. The van der Waals surface area contributed by atoms with Crippen LogP contribution >= 0.6 is 11.6 Å². The smallest absolute Gasteiger partial charge is 0.278 e. The highest BCUT2D eigenvalue weighted by Crippen LogP contribution is 2.28. The topological polar surface area (TPSA) is 93.0 Å². The van der Waals surface area contributed by atoms with Crippen molar-refractivity contribution in [1.29, 1.82) is 0 Å². The number of nitrogens with zero attached hydrogens (tertiary/aromatic N) is 1. The first kappa shape index (κ1) is 15.2. The minimum absolute atomic E-state index is 0.162. The Balaban J connectivity index is 2.11. The van der Waals surface area contributed by atoms with Crippen molar-refractivity contribution in [2.75, 3.05) is 17.7 Å². The minimum Gasteiger partial charge on any atom is -0.492 e. The third kappa shape index (κ3) is 3.46. The highest BCUT2D eigenvalue weighted by atomic mass is 35.5. The SMILES string of the molecule is CCCOc1ccc(NC(=O)c2n[nH]c(C)c2N)cc1Cl.